The number of aromatic nitrogens is 3. The highest BCUT2D eigenvalue weighted by Crippen LogP contribution is 2.65. The largest absolute Gasteiger partial charge is 0.494 e. The molecule has 6 nitrogen and oxygen atoms in total. The maximum Gasteiger partial charge on any atom is 0.494 e. The van der Waals surface area contributed by atoms with Crippen molar-refractivity contribution in [3.63, 3.8) is 0 Å². The van der Waals surface area contributed by atoms with Crippen molar-refractivity contribution in [1.82, 2.24) is 15.2 Å². The molecule has 2 N–H and O–H groups in total. The highest BCUT2D eigenvalue weighted by Gasteiger charge is 2.68. The van der Waals surface area contributed by atoms with E-state index in [9.17, 15) is 0 Å². The Morgan fingerprint density at radius 2 is 1.97 bits per heavy atom. The molecule has 0 spiro atoms. The van der Waals surface area contributed by atoms with Gasteiger partial charge in [0.05, 0.1) is 29.1 Å². The van der Waals surface area contributed by atoms with E-state index in [-0.39, 0.29) is 18.8 Å². The Labute approximate surface area is 215 Å². The van der Waals surface area contributed by atoms with Crippen molar-refractivity contribution in [3.8, 4) is 21.7 Å². The van der Waals surface area contributed by atoms with Crippen molar-refractivity contribution in [3.05, 3.63) is 53.7 Å². The number of benzene rings is 2. The molecule has 2 aromatic carbocycles. The van der Waals surface area contributed by atoms with E-state index >= 15 is 0 Å². The van der Waals surface area contributed by atoms with E-state index in [1.54, 1.807) is 17.5 Å². The van der Waals surface area contributed by atoms with Crippen LogP contribution < -0.4 is 11.2 Å². The summed E-state index contributed by atoms with van der Waals surface area (Å²) in [6, 6.07) is 10.6. The number of aryl methyl sites for hydroxylation is 1. The number of hydrogen-bond donors (Lipinski definition) is 1. The Morgan fingerprint density at radius 3 is 2.75 bits per heavy atom. The molecule has 4 atom stereocenters. The molecule has 4 aliphatic rings. The Morgan fingerprint density at radius 1 is 1.11 bits per heavy atom. The number of thiazole rings is 1. The number of hydrogen-bond acceptors (Lipinski definition) is 7. The van der Waals surface area contributed by atoms with Gasteiger partial charge in [0.25, 0.3) is 0 Å². The van der Waals surface area contributed by atoms with Gasteiger partial charge in [-0.2, -0.15) is 10.2 Å². The third kappa shape index (κ3) is 3.07. The van der Waals surface area contributed by atoms with Gasteiger partial charge in [-0.05, 0) is 78.7 Å². The predicted octanol–water partition coefficient (Wildman–Crippen LogP) is 5.25. The van der Waals surface area contributed by atoms with E-state index in [1.165, 1.54) is 6.42 Å². The number of nitrogens with two attached hydrogens (primary N) is 1. The zero-order valence-electron chi connectivity index (χ0n) is 21.0. The molecule has 3 saturated carbocycles. The van der Waals surface area contributed by atoms with Crippen LogP contribution in [0.5, 0.6) is 0 Å². The van der Waals surface area contributed by atoms with Crippen LogP contribution in [0.1, 0.15) is 39.2 Å². The van der Waals surface area contributed by atoms with Gasteiger partial charge in [-0.15, -0.1) is 11.3 Å². The van der Waals surface area contributed by atoms with Gasteiger partial charge in [-0.1, -0.05) is 31.5 Å². The molecule has 36 heavy (non-hydrogen) atoms. The van der Waals surface area contributed by atoms with Gasteiger partial charge >= 0.3 is 7.12 Å². The van der Waals surface area contributed by atoms with Crippen LogP contribution in [0.25, 0.3) is 32.6 Å². The summed E-state index contributed by atoms with van der Waals surface area (Å²) in [6.45, 7) is 9.20. The van der Waals surface area contributed by atoms with Gasteiger partial charge in [0.15, 0.2) is 0 Å². The molecule has 4 fully saturated rings. The molecule has 4 aromatic rings. The second-order valence-electron chi connectivity index (χ2n) is 11.4. The summed E-state index contributed by atoms with van der Waals surface area (Å²) in [6.07, 6.45) is 5.89. The maximum absolute atomic E-state index is 6.84. The number of nitrogen functional groups attached to an aromatic ring is 1. The molecule has 3 heterocycles. The first-order valence-corrected chi connectivity index (χ1v) is 13.5. The Kier molecular flexibility index (Phi) is 4.73. The fraction of sp³-hybridized carbons (Fsp3) is 0.393. The van der Waals surface area contributed by atoms with Gasteiger partial charge < -0.3 is 15.0 Å². The van der Waals surface area contributed by atoms with Crippen molar-refractivity contribution in [2.24, 2.45) is 17.3 Å². The topological polar surface area (TPSA) is 83.2 Å². The molecule has 1 aliphatic heterocycles. The summed E-state index contributed by atoms with van der Waals surface area (Å²) in [5.74, 6) is 1.25. The summed E-state index contributed by atoms with van der Waals surface area (Å²) >= 11 is 1.64. The van der Waals surface area contributed by atoms with E-state index in [2.05, 4.69) is 67.1 Å². The number of anilines is 1. The zero-order chi connectivity index (χ0) is 24.8. The van der Waals surface area contributed by atoms with Crippen molar-refractivity contribution in [1.29, 1.82) is 0 Å². The Hall–Kier alpha value is -2.81. The average Bonchev–Trinajstić information content (AvgIpc) is 3.51. The molecule has 0 radical (unpaired) electrons. The number of nitrogens with zero attached hydrogens (tertiary/aromatic N) is 3. The van der Waals surface area contributed by atoms with Gasteiger partial charge in [0.1, 0.15) is 5.01 Å². The maximum atomic E-state index is 6.84. The van der Waals surface area contributed by atoms with Gasteiger partial charge in [0.2, 0.25) is 0 Å². The molecule has 182 valence electrons. The fourth-order valence-corrected chi connectivity index (χ4v) is 7.67. The van der Waals surface area contributed by atoms with E-state index in [4.69, 9.17) is 15.0 Å². The smallest absolute Gasteiger partial charge is 0.401 e. The lowest BCUT2D eigenvalue weighted by atomic mass is 9.43. The molecular formula is C28H29BN4O2S. The van der Waals surface area contributed by atoms with Crippen molar-refractivity contribution in [2.75, 3.05) is 5.73 Å². The Balaban J connectivity index is 1.34. The second kappa shape index (κ2) is 7.60. The third-order valence-electron chi connectivity index (χ3n) is 9.25. The number of fused-ring (bicyclic) bond motifs is 1. The molecule has 8 rings (SSSR count). The van der Waals surface area contributed by atoms with Gasteiger partial charge in [-0.25, -0.2) is 4.98 Å². The molecule has 1 saturated heterocycles. The summed E-state index contributed by atoms with van der Waals surface area (Å²) in [4.78, 5) is 4.63. The zero-order valence-corrected chi connectivity index (χ0v) is 21.8. The van der Waals surface area contributed by atoms with Crippen molar-refractivity contribution >= 4 is 40.5 Å². The first-order chi connectivity index (χ1) is 17.3. The summed E-state index contributed by atoms with van der Waals surface area (Å²) in [5.41, 5.74) is 13.0. The molecular weight excluding hydrogens is 467 g/mol. The fourth-order valence-electron chi connectivity index (χ4n) is 7.00. The van der Waals surface area contributed by atoms with Crippen molar-refractivity contribution < 1.29 is 9.31 Å². The summed E-state index contributed by atoms with van der Waals surface area (Å²) in [7, 11) is -0.380. The first-order valence-electron chi connectivity index (χ1n) is 12.6. The van der Waals surface area contributed by atoms with E-state index in [1.807, 2.05) is 17.6 Å². The van der Waals surface area contributed by atoms with Crippen LogP contribution in [0.15, 0.2) is 48.1 Å². The lowest BCUT2D eigenvalue weighted by molar-refractivity contribution is -0.199. The highest BCUT2D eigenvalue weighted by molar-refractivity contribution is 7.13. The van der Waals surface area contributed by atoms with Crippen molar-refractivity contribution in [2.45, 2.75) is 52.2 Å². The summed E-state index contributed by atoms with van der Waals surface area (Å²) < 4.78 is 13.5. The standard InChI is InChI=1S/C28H29BN4O2S/c1-15-9-20(26-31-7-8-36-26)19(16-5-6-18-22(30)14-32-33-23(18)10-16)13-21(15)29-34-25-12-17-11-24(27(17,2)3)28(25,4)35-29/h5-10,13-14,17,24-25H,11-12H2,1-4H3,(H2,30,33)/t17-,24-,25+,28-/m0/s1. The minimum Gasteiger partial charge on any atom is -0.401 e. The van der Waals surface area contributed by atoms with Crippen LogP contribution >= 0.6 is 11.3 Å². The Bertz CT molecular complexity index is 1510. The van der Waals surface area contributed by atoms with Crippen LogP contribution in [0.4, 0.5) is 5.69 Å². The second-order valence-corrected chi connectivity index (χ2v) is 12.3. The quantitative estimate of drug-likeness (QED) is 0.391. The van der Waals surface area contributed by atoms with E-state index in [0.717, 1.165) is 56.0 Å². The predicted molar refractivity (Wildman–Crippen MR) is 145 cm³/mol. The third-order valence-corrected chi connectivity index (χ3v) is 10.1. The molecule has 3 aliphatic carbocycles. The van der Waals surface area contributed by atoms with Crippen LogP contribution in [-0.4, -0.2) is 34.0 Å². The lowest BCUT2D eigenvalue weighted by Crippen LogP contribution is -2.65. The monoisotopic (exact) mass is 496 g/mol. The average molecular weight is 496 g/mol. The molecule has 0 amide bonds. The summed E-state index contributed by atoms with van der Waals surface area (Å²) in [5, 5.41) is 12.3. The minimum atomic E-state index is -0.380. The first kappa shape index (κ1) is 22.4. The molecule has 2 bridgehead atoms. The number of rotatable bonds is 3. The van der Waals surface area contributed by atoms with Gasteiger partial charge in [-0.3, -0.25) is 0 Å². The van der Waals surface area contributed by atoms with Crippen LogP contribution in [0, 0.1) is 24.2 Å². The van der Waals surface area contributed by atoms with E-state index in [0.29, 0.717) is 17.0 Å². The van der Waals surface area contributed by atoms with Crippen LogP contribution in [-0.2, 0) is 9.31 Å². The van der Waals surface area contributed by atoms with Crippen LogP contribution in [0.2, 0.25) is 0 Å². The van der Waals surface area contributed by atoms with E-state index < -0.39 is 0 Å². The lowest BCUT2D eigenvalue weighted by Gasteiger charge is -2.64. The minimum absolute atomic E-state index is 0.139. The molecule has 8 heteroatoms. The molecule has 0 unspecified atom stereocenters. The molecule has 2 aromatic heterocycles. The van der Waals surface area contributed by atoms with Gasteiger partial charge in [0, 0.05) is 22.5 Å². The normalized spacial score (nSPS) is 28.2. The highest BCUT2D eigenvalue weighted by atomic mass is 32.1. The SMILES string of the molecule is Cc1cc(-c2nccs2)c(-c2ccc3c(N)cnnc3c2)cc1B1O[C@@H]2C[C@@H]3C[C@@H](C3(C)C)[C@]2(C)O1. The van der Waals surface area contributed by atoms with Crippen LogP contribution in [0.3, 0.4) is 0 Å².